The van der Waals surface area contributed by atoms with Crippen LogP contribution in [0.15, 0.2) is 30.1 Å². The summed E-state index contributed by atoms with van der Waals surface area (Å²) in [5.74, 6) is -0.915. The molecule has 1 saturated heterocycles. The molecule has 0 saturated carbocycles. The molecule has 6 heteroatoms. The number of aromatic nitrogens is 1. The monoisotopic (exact) mass is 308 g/mol. The molecule has 1 aromatic heterocycles. The lowest BCUT2D eigenvalue weighted by atomic mass is 10.1. The van der Waals surface area contributed by atoms with Crippen LogP contribution in [0, 0.1) is 5.82 Å². The molecule has 0 radical (unpaired) electrons. The van der Waals surface area contributed by atoms with Crippen molar-refractivity contribution in [1.82, 2.24) is 10.3 Å². The second kappa shape index (κ2) is 8.00. The number of nitrogens with zero attached hydrogens (tertiary/aromatic N) is 1. The third-order valence-electron chi connectivity index (χ3n) is 3.38. The van der Waals surface area contributed by atoms with Crippen LogP contribution in [0.5, 0.6) is 0 Å². The van der Waals surface area contributed by atoms with Crippen LogP contribution in [0.2, 0.25) is 0 Å². The van der Waals surface area contributed by atoms with E-state index < -0.39 is 5.82 Å². The van der Waals surface area contributed by atoms with E-state index >= 15 is 0 Å². The molecule has 1 aromatic rings. The van der Waals surface area contributed by atoms with E-state index in [1.807, 2.05) is 19.9 Å². The summed E-state index contributed by atoms with van der Waals surface area (Å²) < 4.78 is 24.3. The van der Waals surface area contributed by atoms with Gasteiger partial charge in [0, 0.05) is 12.8 Å². The number of allylic oxidation sites excluding steroid dienone is 1. The van der Waals surface area contributed by atoms with Crippen molar-refractivity contribution in [2.24, 2.45) is 0 Å². The number of hydrogen-bond donors (Lipinski definition) is 1. The van der Waals surface area contributed by atoms with Gasteiger partial charge in [0.25, 0.3) is 5.91 Å². The van der Waals surface area contributed by atoms with Gasteiger partial charge < -0.3 is 14.8 Å². The number of ether oxygens (including phenoxy) is 2. The zero-order valence-corrected chi connectivity index (χ0v) is 12.8. The van der Waals surface area contributed by atoms with Crippen LogP contribution in [-0.2, 0) is 9.47 Å². The molecular weight excluding hydrogens is 287 g/mol. The van der Waals surface area contributed by atoms with E-state index in [1.165, 1.54) is 11.8 Å². The molecule has 120 valence electrons. The predicted octanol–water partition coefficient (Wildman–Crippen LogP) is 2.09. The van der Waals surface area contributed by atoms with Crippen molar-refractivity contribution in [3.8, 4) is 0 Å². The van der Waals surface area contributed by atoms with E-state index in [1.54, 1.807) is 0 Å². The number of carbonyl (C=O) groups excluding carboxylic acids is 1. The van der Waals surface area contributed by atoms with Crippen LogP contribution in [0.1, 0.15) is 30.6 Å². The van der Waals surface area contributed by atoms with Gasteiger partial charge in [-0.1, -0.05) is 11.6 Å². The van der Waals surface area contributed by atoms with Crippen molar-refractivity contribution in [3.05, 3.63) is 41.5 Å². The molecule has 0 unspecified atom stereocenters. The minimum atomic E-state index is -0.538. The number of pyridine rings is 1. The van der Waals surface area contributed by atoms with Gasteiger partial charge in [0.2, 0.25) is 0 Å². The predicted molar refractivity (Wildman–Crippen MR) is 80.1 cm³/mol. The fraction of sp³-hybridized carbons (Fsp3) is 0.500. The van der Waals surface area contributed by atoms with Gasteiger partial charge in [0.1, 0.15) is 5.82 Å². The molecule has 0 aliphatic carbocycles. The van der Waals surface area contributed by atoms with Gasteiger partial charge in [-0.05, 0) is 26.3 Å². The van der Waals surface area contributed by atoms with Gasteiger partial charge >= 0.3 is 0 Å². The molecule has 1 aliphatic rings. The Balaban J connectivity index is 1.96. The highest BCUT2D eigenvalue weighted by atomic mass is 19.1. The smallest absolute Gasteiger partial charge is 0.253 e. The maximum atomic E-state index is 13.1. The van der Waals surface area contributed by atoms with Gasteiger partial charge in [-0.25, -0.2) is 4.39 Å². The molecule has 1 amide bonds. The zero-order chi connectivity index (χ0) is 15.9. The van der Waals surface area contributed by atoms with E-state index in [-0.39, 0.29) is 23.6 Å². The molecule has 0 spiro atoms. The average Bonchev–Trinajstić information content (AvgIpc) is 2.48. The Labute approximate surface area is 129 Å². The van der Waals surface area contributed by atoms with Gasteiger partial charge in [0.15, 0.2) is 0 Å². The summed E-state index contributed by atoms with van der Waals surface area (Å²) >= 11 is 0. The SMILES string of the molecule is CC(C)=CCO[C@@H]1CCOC[C@@H]1NC(=O)c1cncc(F)c1. The fourth-order valence-corrected chi connectivity index (χ4v) is 2.18. The van der Waals surface area contributed by atoms with E-state index in [0.29, 0.717) is 26.2 Å². The maximum Gasteiger partial charge on any atom is 0.253 e. The van der Waals surface area contributed by atoms with Crippen molar-refractivity contribution >= 4 is 5.91 Å². The number of rotatable bonds is 5. The lowest BCUT2D eigenvalue weighted by molar-refractivity contribution is -0.0457. The van der Waals surface area contributed by atoms with Crippen molar-refractivity contribution in [1.29, 1.82) is 0 Å². The summed E-state index contributed by atoms with van der Waals surface area (Å²) in [7, 11) is 0. The van der Waals surface area contributed by atoms with Crippen molar-refractivity contribution < 1.29 is 18.7 Å². The van der Waals surface area contributed by atoms with Crippen molar-refractivity contribution in [3.63, 3.8) is 0 Å². The van der Waals surface area contributed by atoms with Crippen LogP contribution in [0.25, 0.3) is 0 Å². The molecule has 1 fully saturated rings. The molecular formula is C16H21FN2O3. The molecule has 1 aliphatic heterocycles. The summed E-state index contributed by atoms with van der Waals surface area (Å²) in [6.45, 7) is 5.50. The first kappa shape index (κ1) is 16.6. The number of carbonyl (C=O) groups is 1. The number of nitrogens with one attached hydrogen (secondary N) is 1. The third-order valence-corrected chi connectivity index (χ3v) is 3.38. The molecule has 0 bridgehead atoms. The molecule has 2 rings (SSSR count). The first-order valence-electron chi connectivity index (χ1n) is 7.30. The molecule has 0 aromatic carbocycles. The quantitative estimate of drug-likeness (QED) is 0.846. The van der Waals surface area contributed by atoms with Crippen LogP contribution < -0.4 is 5.32 Å². The highest BCUT2D eigenvalue weighted by Crippen LogP contribution is 2.13. The van der Waals surface area contributed by atoms with E-state index in [4.69, 9.17) is 9.47 Å². The van der Waals surface area contributed by atoms with Crippen molar-refractivity contribution in [2.75, 3.05) is 19.8 Å². The van der Waals surface area contributed by atoms with Gasteiger partial charge in [-0.2, -0.15) is 0 Å². The Bertz CT molecular complexity index is 544. The second-order valence-electron chi connectivity index (χ2n) is 5.49. The van der Waals surface area contributed by atoms with Gasteiger partial charge in [-0.15, -0.1) is 0 Å². The Hall–Kier alpha value is -1.79. The number of amides is 1. The van der Waals surface area contributed by atoms with Crippen LogP contribution in [0.4, 0.5) is 4.39 Å². The van der Waals surface area contributed by atoms with Crippen LogP contribution >= 0.6 is 0 Å². The second-order valence-corrected chi connectivity index (χ2v) is 5.49. The Morgan fingerprint density at radius 3 is 3.09 bits per heavy atom. The summed E-state index contributed by atoms with van der Waals surface area (Å²) in [6, 6.07) is 0.903. The van der Waals surface area contributed by atoms with E-state index in [2.05, 4.69) is 10.3 Å². The first-order valence-corrected chi connectivity index (χ1v) is 7.30. The Morgan fingerprint density at radius 2 is 2.36 bits per heavy atom. The lowest BCUT2D eigenvalue weighted by Crippen LogP contribution is -2.50. The fourth-order valence-electron chi connectivity index (χ4n) is 2.18. The van der Waals surface area contributed by atoms with Crippen molar-refractivity contribution in [2.45, 2.75) is 32.4 Å². The normalized spacial score (nSPS) is 21.2. The minimum absolute atomic E-state index is 0.116. The Kier molecular flexibility index (Phi) is 6.03. The standard InChI is InChI=1S/C16H21FN2O3/c1-11(2)3-6-22-15-4-5-21-10-14(15)19-16(20)12-7-13(17)9-18-8-12/h3,7-9,14-15H,4-6,10H2,1-2H3,(H,19,20)/t14-,15+/m0/s1. The molecule has 2 atom stereocenters. The average molecular weight is 308 g/mol. The maximum absolute atomic E-state index is 13.1. The number of halogens is 1. The topological polar surface area (TPSA) is 60.5 Å². The van der Waals surface area contributed by atoms with Gasteiger partial charge in [-0.3, -0.25) is 9.78 Å². The zero-order valence-electron chi connectivity index (χ0n) is 12.8. The first-order chi connectivity index (χ1) is 10.6. The van der Waals surface area contributed by atoms with E-state index in [0.717, 1.165) is 12.3 Å². The number of hydrogen-bond acceptors (Lipinski definition) is 4. The summed E-state index contributed by atoms with van der Waals surface area (Å²) in [5, 5.41) is 2.83. The Morgan fingerprint density at radius 1 is 1.55 bits per heavy atom. The molecule has 5 nitrogen and oxygen atoms in total. The largest absolute Gasteiger partial charge is 0.379 e. The highest BCUT2D eigenvalue weighted by Gasteiger charge is 2.28. The summed E-state index contributed by atoms with van der Waals surface area (Å²) in [4.78, 5) is 15.8. The van der Waals surface area contributed by atoms with Gasteiger partial charge in [0.05, 0.1) is 37.1 Å². The van der Waals surface area contributed by atoms with Crippen LogP contribution in [0.3, 0.4) is 0 Å². The molecule has 1 N–H and O–H groups in total. The van der Waals surface area contributed by atoms with E-state index in [9.17, 15) is 9.18 Å². The molecule has 2 heterocycles. The summed E-state index contributed by atoms with van der Waals surface area (Å²) in [6.07, 6.45) is 4.98. The third kappa shape index (κ3) is 4.89. The summed E-state index contributed by atoms with van der Waals surface area (Å²) in [5.41, 5.74) is 1.37. The lowest BCUT2D eigenvalue weighted by Gasteiger charge is -2.31. The van der Waals surface area contributed by atoms with Crippen LogP contribution in [-0.4, -0.2) is 42.9 Å². The highest BCUT2D eigenvalue weighted by molar-refractivity contribution is 5.94. The minimum Gasteiger partial charge on any atom is -0.379 e. The molecule has 22 heavy (non-hydrogen) atoms.